The quantitative estimate of drug-likeness (QED) is 0.474. The Bertz CT molecular complexity index is 1140. The van der Waals surface area contributed by atoms with Crippen LogP contribution < -0.4 is 5.32 Å². The monoisotopic (exact) mass is 404 g/mol. The Hall–Kier alpha value is -3.36. The highest BCUT2D eigenvalue weighted by Gasteiger charge is 2.15. The summed E-state index contributed by atoms with van der Waals surface area (Å²) in [5, 5.41) is 25.1. The van der Waals surface area contributed by atoms with Crippen LogP contribution in [0.3, 0.4) is 0 Å². The molecule has 29 heavy (non-hydrogen) atoms. The van der Waals surface area contributed by atoms with Crippen LogP contribution in [0, 0.1) is 36.5 Å². The molecule has 0 unspecified atom stereocenters. The fourth-order valence-electron chi connectivity index (χ4n) is 3.11. The van der Waals surface area contributed by atoms with E-state index in [1.807, 2.05) is 38.1 Å². The molecule has 3 rings (SSSR count). The number of amides is 1. The predicted molar refractivity (Wildman–Crippen MR) is 112 cm³/mol. The van der Waals surface area contributed by atoms with Crippen LogP contribution in [0.25, 0.3) is 5.65 Å². The number of para-hydroxylation sites is 1. The van der Waals surface area contributed by atoms with Crippen LogP contribution in [-0.2, 0) is 11.2 Å². The van der Waals surface area contributed by atoms with Crippen molar-refractivity contribution >= 4 is 29.0 Å². The fraction of sp³-hybridized carbons (Fsp3) is 0.286. The van der Waals surface area contributed by atoms with Gasteiger partial charge in [0.15, 0.2) is 5.65 Å². The zero-order chi connectivity index (χ0) is 20.8. The minimum atomic E-state index is -0.0876. The largest absolute Gasteiger partial charge is 0.325 e. The lowest BCUT2D eigenvalue weighted by Crippen LogP contribution is -2.15. The van der Waals surface area contributed by atoms with Crippen molar-refractivity contribution in [3.8, 4) is 12.1 Å². The van der Waals surface area contributed by atoms with Gasteiger partial charge in [-0.05, 0) is 38.0 Å². The minimum Gasteiger partial charge on any atom is -0.325 e. The maximum absolute atomic E-state index is 12.5. The number of rotatable bonds is 7. The molecule has 3 aromatic rings. The first-order valence-corrected chi connectivity index (χ1v) is 10.2. The molecule has 0 aliphatic rings. The molecule has 0 saturated heterocycles. The SMILES string of the molecule is Cc1nc2c(C#N)cnn2c(C)c1CCC(=O)Nc1ccccc1SCCC#N. The summed E-state index contributed by atoms with van der Waals surface area (Å²) in [5.74, 6) is 0.595. The lowest BCUT2D eigenvalue weighted by molar-refractivity contribution is -0.116. The smallest absolute Gasteiger partial charge is 0.224 e. The number of hydrogen-bond acceptors (Lipinski definition) is 6. The topological polar surface area (TPSA) is 107 Å². The van der Waals surface area contributed by atoms with Crippen LogP contribution in [0.5, 0.6) is 0 Å². The van der Waals surface area contributed by atoms with Crippen molar-refractivity contribution < 1.29 is 4.79 Å². The molecule has 1 aromatic carbocycles. The van der Waals surface area contributed by atoms with Crippen molar-refractivity contribution in [1.82, 2.24) is 14.6 Å². The maximum Gasteiger partial charge on any atom is 0.224 e. The van der Waals surface area contributed by atoms with Crippen LogP contribution in [0.15, 0.2) is 35.4 Å². The molecule has 2 aromatic heterocycles. The lowest BCUT2D eigenvalue weighted by atomic mass is 10.1. The number of hydrogen-bond donors (Lipinski definition) is 1. The molecular formula is C21H20N6OS. The summed E-state index contributed by atoms with van der Waals surface area (Å²) in [6.07, 6.45) is 2.80. The van der Waals surface area contributed by atoms with Crippen molar-refractivity contribution in [3.05, 3.63) is 53.0 Å². The van der Waals surface area contributed by atoms with Crippen LogP contribution in [-0.4, -0.2) is 26.3 Å². The molecule has 0 saturated carbocycles. The average Bonchev–Trinajstić information content (AvgIpc) is 3.12. The van der Waals surface area contributed by atoms with Crippen LogP contribution >= 0.6 is 11.8 Å². The van der Waals surface area contributed by atoms with E-state index >= 15 is 0 Å². The molecular weight excluding hydrogens is 384 g/mol. The summed E-state index contributed by atoms with van der Waals surface area (Å²) in [6, 6.07) is 11.8. The Morgan fingerprint density at radius 3 is 2.83 bits per heavy atom. The van der Waals surface area contributed by atoms with Crippen molar-refractivity contribution in [2.75, 3.05) is 11.1 Å². The number of aryl methyl sites for hydroxylation is 2. The summed E-state index contributed by atoms with van der Waals surface area (Å²) >= 11 is 1.55. The van der Waals surface area contributed by atoms with Gasteiger partial charge in [0.25, 0.3) is 0 Å². The van der Waals surface area contributed by atoms with Gasteiger partial charge in [0.1, 0.15) is 11.6 Å². The van der Waals surface area contributed by atoms with Gasteiger partial charge < -0.3 is 5.32 Å². The van der Waals surface area contributed by atoms with E-state index in [-0.39, 0.29) is 5.91 Å². The van der Waals surface area contributed by atoms with Crippen LogP contribution in [0.4, 0.5) is 5.69 Å². The van der Waals surface area contributed by atoms with Gasteiger partial charge in [-0.1, -0.05) is 12.1 Å². The van der Waals surface area contributed by atoms with Gasteiger partial charge in [0, 0.05) is 34.9 Å². The standard InChI is InChI=1S/C21H20N6OS/c1-14-17(15(2)27-21(25-14)16(12-23)13-24-27)8-9-20(28)26-18-6-3-4-7-19(18)29-11-5-10-22/h3-4,6-7,13H,5,8-9,11H2,1-2H3,(H,26,28). The molecule has 146 valence electrons. The number of anilines is 1. The Morgan fingerprint density at radius 2 is 2.07 bits per heavy atom. The van der Waals surface area contributed by atoms with E-state index in [1.165, 1.54) is 6.20 Å². The first-order valence-electron chi connectivity index (χ1n) is 9.17. The number of nitrogens with zero attached hydrogens (tertiary/aromatic N) is 5. The fourth-order valence-corrected chi connectivity index (χ4v) is 3.97. The molecule has 8 heteroatoms. The van der Waals surface area contributed by atoms with Gasteiger partial charge in [-0.25, -0.2) is 9.50 Å². The molecule has 0 radical (unpaired) electrons. The number of aromatic nitrogens is 3. The number of fused-ring (bicyclic) bond motifs is 1. The van der Waals surface area contributed by atoms with Crippen molar-refractivity contribution in [3.63, 3.8) is 0 Å². The van der Waals surface area contributed by atoms with Gasteiger partial charge in [-0.2, -0.15) is 15.6 Å². The van der Waals surface area contributed by atoms with Gasteiger partial charge >= 0.3 is 0 Å². The Morgan fingerprint density at radius 1 is 1.28 bits per heavy atom. The number of nitriles is 2. The summed E-state index contributed by atoms with van der Waals surface area (Å²) in [4.78, 5) is 18.0. The predicted octanol–water partition coefficient (Wildman–Crippen LogP) is 3.79. The molecule has 1 amide bonds. The van der Waals surface area contributed by atoms with E-state index in [4.69, 9.17) is 10.5 Å². The van der Waals surface area contributed by atoms with Gasteiger partial charge in [0.05, 0.1) is 18.0 Å². The highest BCUT2D eigenvalue weighted by molar-refractivity contribution is 7.99. The Kier molecular flexibility index (Phi) is 6.48. The summed E-state index contributed by atoms with van der Waals surface area (Å²) in [5.41, 5.74) is 4.37. The van der Waals surface area contributed by atoms with E-state index in [2.05, 4.69) is 27.5 Å². The number of thioether (sulfide) groups is 1. The molecule has 0 spiro atoms. The first-order chi connectivity index (χ1) is 14.0. The van der Waals surface area contributed by atoms with Crippen LogP contribution in [0.1, 0.15) is 35.4 Å². The minimum absolute atomic E-state index is 0.0876. The van der Waals surface area contributed by atoms with E-state index in [0.717, 1.165) is 27.5 Å². The summed E-state index contributed by atoms with van der Waals surface area (Å²) in [6.45, 7) is 3.81. The molecule has 0 atom stereocenters. The zero-order valence-electron chi connectivity index (χ0n) is 16.3. The van der Waals surface area contributed by atoms with E-state index in [9.17, 15) is 4.79 Å². The van der Waals surface area contributed by atoms with Crippen molar-refractivity contribution in [1.29, 1.82) is 10.5 Å². The van der Waals surface area contributed by atoms with E-state index < -0.39 is 0 Å². The van der Waals surface area contributed by atoms with Gasteiger partial charge in [-0.3, -0.25) is 4.79 Å². The number of nitrogens with one attached hydrogen (secondary N) is 1. The summed E-state index contributed by atoms with van der Waals surface area (Å²) < 4.78 is 1.65. The molecule has 2 heterocycles. The first kappa shape index (κ1) is 20.4. The second-order valence-corrected chi connectivity index (χ2v) is 7.60. The second kappa shape index (κ2) is 9.22. The highest BCUT2D eigenvalue weighted by atomic mass is 32.2. The van der Waals surface area contributed by atoms with Crippen molar-refractivity contribution in [2.24, 2.45) is 0 Å². The third kappa shape index (κ3) is 4.56. The second-order valence-electron chi connectivity index (χ2n) is 6.47. The Balaban J connectivity index is 1.71. The number of carbonyl (C=O) groups is 1. The molecule has 0 bridgehead atoms. The summed E-state index contributed by atoms with van der Waals surface area (Å²) in [7, 11) is 0. The van der Waals surface area contributed by atoms with E-state index in [0.29, 0.717) is 36.2 Å². The molecule has 1 N–H and O–H groups in total. The third-order valence-electron chi connectivity index (χ3n) is 4.56. The molecule has 0 aliphatic carbocycles. The lowest BCUT2D eigenvalue weighted by Gasteiger charge is -2.12. The molecule has 0 aliphatic heterocycles. The number of carbonyl (C=O) groups excluding carboxylic acids is 1. The zero-order valence-corrected chi connectivity index (χ0v) is 17.1. The third-order valence-corrected chi connectivity index (χ3v) is 5.64. The highest BCUT2D eigenvalue weighted by Crippen LogP contribution is 2.27. The van der Waals surface area contributed by atoms with Crippen molar-refractivity contribution in [2.45, 2.75) is 38.0 Å². The Labute approximate surface area is 173 Å². The maximum atomic E-state index is 12.5. The van der Waals surface area contributed by atoms with Gasteiger partial charge in [0.2, 0.25) is 5.91 Å². The van der Waals surface area contributed by atoms with E-state index in [1.54, 1.807) is 16.3 Å². The molecule has 7 nitrogen and oxygen atoms in total. The molecule has 0 fully saturated rings. The average molecular weight is 404 g/mol. The van der Waals surface area contributed by atoms with Crippen LogP contribution in [0.2, 0.25) is 0 Å². The normalized spacial score (nSPS) is 10.5. The van der Waals surface area contributed by atoms with Gasteiger partial charge in [-0.15, -0.1) is 11.8 Å². The number of benzene rings is 1.